The lowest BCUT2D eigenvalue weighted by Gasteiger charge is -2.19. The van der Waals surface area contributed by atoms with Crippen LogP contribution in [0, 0.1) is 12.7 Å². The molecule has 1 aromatic rings. The topological polar surface area (TPSA) is 44.6 Å². The van der Waals surface area contributed by atoms with Gasteiger partial charge in [0.15, 0.2) is 0 Å². The zero-order valence-electron chi connectivity index (χ0n) is 7.00. The molecule has 68 valence electrons. The van der Waals surface area contributed by atoms with Gasteiger partial charge in [0.1, 0.15) is 23.9 Å². The third-order valence-electron chi connectivity index (χ3n) is 1.84. The third kappa shape index (κ3) is 1.35. The van der Waals surface area contributed by atoms with Crippen LogP contribution in [0.25, 0.3) is 0 Å². The number of ether oxygens (including phenoxy) is 1. The number of rotatable bonds is 0. The zero-order chi connectivity index (χ0) is 9.42. The van der Waals surface area contributed by atoms with Crippen molar-refractivity contribution in [3.8, 4) is 5.75 Å². The molecule has 2 rings (SSSR count). The Morgan fingerprint density at radius 1 is 1.54 bits per heavy atom. The molecule has 0 spiro atoms. The number of aryl methyl sites for hydroxylation is 1. The second kappa shape index (κ2) is 2.73. The molecule has 0 saturated carbocycles. The van der Waals surface area contributed by atoms with Crippen LogP contribution in [0.5, 0.6) is 5.75 Å². The summed E-state index contributed by atoms with van der Waals surface area (Å²) in [5, 5.41) is 10.8. The molecule has 0 aliphatic carbocycles. The molecular formula is C9H7FNO2-. The molecule has 1 aromatic carbocycles. The van der Waals surface area contributed by atoms with Gasteiger partial charge in [-0.15, -0.1) is 0 Å². The minimum atomic E-state index is -0.344. The SMILES string of the molecule is Cc1cc2c(cc1F)OCC([O-])=N2. The lowest BCUT2D eigenvalue weighted by molar-refractivity contribution is -0.221. The van der Waals surface area contributed by atoms with Gasteiger partial charge in [0, 0.05) is 12.0 Å². The van der Waals surface area contributed by atoms with E-state index in [1.165, 1.54) is 12.1 Å². The van der Waals surface area contributed by atoms with Crippen molar-refractivity contribution in [2.24, 2.45) is 4.99 Å². The highest BCUT2D eigenvalue weighted by Gasteiger charge is 2.11. The van der Waals surface area contributed by atoms with Crippen LogP contribution in [0.4, 0.5) is 10.1 Å². The van der Waals surface area contributed by atoms with Gasteiger partial charge in [-0.05, 0) is 18.6 Å². The highest BCUT2D eigenvalue weighted by Crippen LogP contribution is 2.32. The molecule has 4 heteroatoms. The van der Waals surface area contributed by atoms with Gasteiger partial charge in [-0.2, -0.15) is 0 Å². The summed E-state index contributed by atoms with van der Waals surface area (Å²) < 4.78 is 18.0. The normalized spacial score (nSPS) is 14.5. The molecule has 0 N–H and O–H groups in total. The van der Waals surface area contributed by atoms with E-state index in [4.69, 9.17) is 4.74 Å². The molecule has 0 fully saturated rings. The van der Waals surface area contributed by atoms with Gasteiger partial charge in [0.25, 0.3) is 0 Å². The number of fused-ring (bicyclic) bond motifs is 1. The van der Waals surface area contributed by atoms with Crippen LogP contribution in [-0.2, 0) is 0 Å². The summed E-state index contributed by atoms with van der Waals surface area (Å²) in [6.07, 6.45) is 0. The highest BCUT2D eigenvalue weighted by molar-refractivity contribution is 5.80. The number of nitrogens with zero attached hydrogens (tertiary/aromatic N) is 1. The van der Waals surface area contributed by atoms with Gasteiger partial charge < -0.3 is 9.84 Å². The summed E-state index contributed by atoms with van der Waals surface area (Å²) in [6.45, 7) is 1.51. The largest absolute Gasteiger partial charge is 0.859 e. The Balaban J connectivity index is 2.57. The Labute approximate surface area is 74.5 Å². The summed E-state index contributed by atoms with van der Waals surface area (Å²) in [7, 11) is 0. The van der Waals surface area contributed by atoms with Crippen LogP contribution < -0.4 is 9.84 Å². The molecule has 3 nitrogen and oxygen atoms in total. The first kappa shape index (κ1) is 8.04. The van der Waals surface area contributed by atoms with Crippen LogP contribution >= 0.6 is 0 Å². The Bertz CT molecular complexity index is 387. The standard InChI is InChI=1S/C9H8FNO2/c1-5-2-7-8(3-6(5)10)13-4-9(12)11-7/h2-3H,4H2,1H3,(H,11,12)/p-1. The van der Waals surface area contributed by atoms with Gasteiger partial charge in [-0.25, -0.2) is 4.39 Å². The van der Waals surface area contributed by atoms with E-state index in [2.05, 4.69) is 4.99 Å². The molecule has 0 atom stereocenters. The fourth-order valence-electron chi connectivity index (χ4n) is 1.16. The number of aliphatic imine (C=N–C) groups is 1. The quantitative estimate of drug-likeness (QED) is 0.595. The maximum atomic E-state index is 13.0. The first-order chi connectivity index (χ1) is 6.16. The number of hydrogen-bond donors (Lipinski definition) is 0. The molecule has 1 aliphatic heterocycles. The van der Waals surface area contributed by atoms with E-state index >= 15 is 0 Å². The van der Waals surface area contributed by atoms with Gasteiger partial charge in [0.05, 0.1) is 0 Å². The van der Waals surface area contributed by atoms with Crippen LogP contribution in [0.1, 0.15) is 5.56 Å². The second-order valence-corrected chi connectivity index (χ2v) is 2.86. The fraction of sp³-hybridized carbons (Fsp3) is 0.222. The lowest BCUT2D eigenvalue weighted by Crippen LogP contribution is -2.27. The van der Waals surface area contributed by atoms with Gasteiger partial charge in [-0.1, -0.05) is 0 Å². The van der Waals surface area contributed by atoms with Gasteiger partial charge >= 0.3 is 0 Å². The molecule has 0 bridgehead atoms. The Kier molecular flexibility index (Phi) is 1.69. The zero-order valence-corrected chi connectivity index (χ0v) is 7.00. The van der Waals surface area contributed by atoms with Crippen LogP contribution in [0.3, 0.4) is 0 Å². The Morgan fingerprint density at radius 3 is 3.08 bits per heavy atom. The van der Waals surface area contributed by atoms with E-state index in [1.807, 2.05) is 0 Å². The van der Waals surface area contributed by atoms with E-state index in [0.29, 0.717) is 17.0 Å². The predicted octanol–water partition coefficient (Wildman–Crippen LogP) is 0.917. The average Bonchev–Trinajstić information content (AvgIpc) is 2.08. The van der Waals surface area contributed by atoms with Crippen molar-refractivity contribution in [2.45, 2.75) is 6.92 Å². The van der Waals surface area contributed by atoms with Gasteiger partial charge in [-0.3, -0.25) is 4.99 Å². The molecule has 0 aromatic heterocycles. The number of benzene rings is 1. The summed E-state index contributed by atoms with van der Waals surface area (Å²) >= 11 is 0. The maximum Gasteiger partial charge on any atom is 0.148 e. The molecule has 0 unspecified atom stereocenters. The lowest BCUT2D eigenvalue weighted by atomic mass is 10.2. The van der Waals surface area contributed by atoms with Crippen molar-refractivity contribution in [3.63, 3.8) is 0 Å². The van der Waals surface area contributed by atoms with Crippen molar-refractivity contribution < 1.29 is 14.2 Å². The summed E-state index contributed by atoms with van der Waals surface area (Å²) in [4.78, 5) is 3.72. The van der Waals surface area contributed by atoms with Crippen molar-refractivity contribution in [2.75, 3.05) is 6.61 Å². The van der Waals surface area contributed by atoms with E-state index in [1.54, 1.807) is 6.92 Å². The molecular weight excluding hydrogens is 173 g/mol. The van der Waals surface area contributed by atoms with E-state index in [-0.39, 0.29) is 18.3 Å². The predicted molar refractivity (Wildman–Crippen MR) is 43.7 cm³/mol. The molecule has 0 radical (unpaired) electrons. The fourth-order valence-corrected chi connectivity index (χ4v) is 1.16. The van der Waals surface area contributed by atoms with Crippen molar-refractivity contribution in [1.82, 2.24) is 0 Å². The minimum absolute atomic E-state index is 0.102. The third-order valence-corrected chi connectivity index (χ3v) is 1.84. The summed E-state index contributed by atoms with van der Waals surface area (Å²) in [5.74, 6) is -0.343. The van der Waals surface area contributed by atoms with Crippen LogP contribution in [-0.4, -0.2) is 12.5 Å². The Morgan fingerprint density at radius 2 is 2.31 bits per heavy atom. The highest BCUT2D eigenvalue weighted by atomic mass is 19.1. The molecule has 1 aliphatic rings. The summed E-state index contributed by atoms with van der Waals surface area (Å²) in [5.41, 5.74) is 0.871. The first-order valence-electron chi connectivity index (χ1n) is 3.84. The first-order valence-corrected chi connectivity index (χ1v) is 3.84. The van der Waals surface area contributed by atoms with Gasteiger partial charge in [0.2, 0.25) is 0 Å². The monoisotopic (exact) mass is 180 g/mol. The van der Waals surface area contributed by atoms with Crippen molar-refractivity contribution in [1.29, 1.82) is 0 Å². The molecule has 1 heterocycles. The van der Waals surface area contributed by atoms with E-state index in [9.17, 15) is 9.50 Å². The van der Waals surface area contributed by atoms with E-state index < -0.39 is 0 Å². The average molecular weight is 180 g/mol. The van der Waals surface area contributed by atoms with E-state index in [0.717, 1.165) is 0 Å². The molecule has 0 amide bonds. The van der Waals surface area contributed by atoms with Crippen LogP contribution in [0.15, 0.2) is 17.1 Å². The summed E-state index contributed by atoms with van der Waals surface area (Å²) in [6, 6.07) is 2.75. The van der Waals surface area contributed by atoms with Crippen LogP contribution in [0.2, 0.25) is 0 Å². The Hall–Kier alpha value is -1.58. The van der Waals surface area contributed by atoms with Crippen molar-refractivity contribution >= 4 is 11.6 Å². The van der Waals surface area contributed by atoms with Crippen molar-refractivity contribution in [3.05, 3.63) is 23.5 Å². The molecule has 13 heavy (non-hydrogen) atoms. The second-order valence-electron chi connectivity index (χ2n) is 2.86. The number of hydrogen-bond acceptors (Lipinski definition) is 3. The maximum absolute atomic E-state index is 13.0. The smallest absolute Gasteiger partial charge is 0.148 e. The minimum Gasteiger partial charge on any atom is -0.859 e. The number of halogens is 1. The molecule has 0 saturated heterocycles.